The lowest BCUT2D eigenvalue weighted by Gasteiger charge is -2.33. The topological polar surface area (TPSA) is 92.8 Å². The fraction of sp³-hybridized carbons (Fsp3) is 0.538. The van der Waals surface area contributed by atoms with Crippen molar-refractivity contribution in [3.05, 3.63) is 18.2 Å². The van der Waals surface area contributed by atoms with Crippen LogP contribution in [0.5, 0.6) is 5.75 Å². The van der Waals surface area contributed by atoms with E-state index in [1.807, 2.05) is 0 Å². The Labute approximate surface area is 143 Å². The number of hydrogen-bond donors (Lipinski definition) is 1. The van der Waals surface area contributed by atoms with E-state index in [1.54, 1.807) is 6.92 Å². The highest BCUT2D eigenvalue weighted by Gasteiger charge is 2.33. The van der Waals surface area contributed by atoms with Crippen molar-refractivity contribution < 1.29 is 21.6 Å². The molecule has 1 aromatic carbocycles. The molecule has 1 atom stereocenters. The first-order valence-corrected chi connectivity index (χ1v) is 10.1. The van der Waals surface area contributed by atoms with Gasteiger partial charge in [-0.05, 0) is 25.1 Å². The van der Waals surface area contributed by atoms with Gasteiger partial charge in [0.2, 0.25) is 10.0 Å². The molecule has 0 unspecified atom stereocenters. The minimum Gasteiger partial charge on any atom is -0.495 e. The first-order valence-electron chi connectivity index (χ1n) is 6.78. The molecule has 1 fully saturated rings. The Balaban J connectivity index is 0.00000264. The molecule has 0 radical (unpaired) electrons. The van der Waals surface area contributed by atoms with E-state index in [1.165, 1.54) is 23.5 Å². The number of piperazine rings is 1. The number of ether oxygens (including phenoxy) is 1. The summed E-state index contributed by atoms with van der Waals surface area (Å²) in [6, 6.07) is 3.66. The molecule has 10 heteroatoms. The van der Waals surface area contributed by atoms with Gasteiger partial charge < -0.3 is 10.1 Å². The van der Waals surface area contributed by atoms with Crippen molar-refractivity contribution in [2.75, 3.05) is 33.0 Å². The number of sulfone groups is 1. The molecule has 1 N–H and O–H groups in total. The average molecular weight is 385 g/mol. The fourth-order valence-corrected chi connectivity index (χ4v) is 4.93. The summed E-state index contributed by atoms with van der Waals surface area (Å²) < 4.78 is 55.6. The van der Waals surface area contributed by atoms with E-state index in [9.17, 15) is 16.8 Å². The van der Waals surface area contributed by atoms with Gasteiger partial charge in [-0.1, -0.05) is 0 Å². The van der Waals surface area contributed by atoms with Crippen LogP contribution in [0, 0.1) is 0 Å². The van der Waals surface area contributed by atoms with E-state index in [2.05, 4.69) is 5.32 Å². The van der Waals surface area contributed by atoms with Crippen LogP contribution in [-0.4, -0.2) is 60.2 Å². The number of hydrogen-bond acceptors (Lipinski definition) is 6. The molecule has 132 valence electrons. The molecule has 1 heterocycles. The molecule has 0 spiro atoms. The normalized spacial score (nSPS) is 19.9. The summed E-state index contributed by atoms with van der Waals surface area (Å²) in [5.41, 5.74) is 0. The van der Waals surface area contributed by atoms with Gasteiger partial charge in [-0.15, -0.1) is 12.4 Å². The lowest BCUT2D eigenvalue weighted by atomic mass is 10.3. The monoisotopic (exact) mass is 384 g/mol. The van der Waals surface area contributed by atoms with E-state index in [0.717, 1.165) is 12.3 Å². The van der Waals surface area contributed by atoms with Crippen LogP contribution in [0.1, 0.15) is 6.92 Å². The molecule has 0 bridgehead atoms. The Morgan fingerprint density at radius 3 is 2.43 bits per heavy atom. The standard InChI is InChI=1S/C13H20N2O5S2.ClH/c1-10-9-14-6-7-15(10)22(18,19)13-8-11(21(3,16)17)4-5-12(13)20-2;/h4-5,8,10,14H,6-7,9H2,1-3H3;1H/t10-;/m0./s1. The van der Waals surface area contributed by atoms with E-state index in [0.29, 0.717) is 19.6 Å². The minimum absolute atomic E-state index is 0. The van der Waals surface area contributed by atoms with Gasteiger partial charge in [0.15, 0.2) is 9.84 Å². The molecule has 23 heavy (non-hydrogen) atoms. The Hall–Kier alpha value is -0.870. The molecular formula is C13H21ClN2O5S2. The summed E-state index contributed by atoms with van der Waals surface area (Å²) in [6.45, 7) is 3.23. The van der Waals surface area contributed by atoms with Crippen molar-refractivity contribution >= 4 is 32.3 Å². The number of halogens is 1. The smallest absolute Gasteiger partial charge is 0.247 e. The van der Waals surface area contributed by atoms with Gasteiger partial charge in [0.05, 0.1) is 12.0 Å². The number of nitrogens with one attached hydrogen (secondary N) is 1. The van der Waals surface area contributed by atoms with Crippen LogP contribution in [0.15, 0.2) is 28.0 Å². The maximum Gasteiger partial charge on any atom is 0.247 e. The number of sulfonamides is 1. The van der Waals surface area contributed by atoms with E-state index in [-0.39, 0.29) is 34.0 Å². The molecular weight excluding hydrogens is 364 g/mol. The minimum atomic E-state index is -3.83. The summed E-state index contributed by atoms with van der Waals surface area (Å²) in [7, 11) is -5.98. The van der Waals surface area contributed by atoms with Crippen molar-refractivity contribution in [3.63, 3.8) is 0 Å². The Morgan fingerprint density at radius 2 is 1.91 bits per heavy atom. The van der Waals surface area contributed by atoms with Crippen molar-refractivity contribution in [2.24, 2.45) is 0 Å². The van der Waals surface area contributed by atoms with Gasteiger partial charge in [-0.3, -0.25) is 0 Å². The van der Waals surface area contributed by atoms with Gasteiger partial charge in [-0.25, -0.2) is 16.8 Å². The van der Waals surface area contributed by atoms with Gasteiger partial charge in [0.1, 0.15) is 10.6 Å². The second-order valence-corrected chi connectivity index (χ2v) is 9.13. The molecule has 0 amide bonds. The zero-order valence-electron chi connectivity index (χ0n) is 13.1. The largest absolute Gasteiger partial charge is 0.495 e. The zero-order chi connectivity index (χ0) is 16.5. The van der Waals surface area contributed by atoms with Crippen LogP contribution in [-0.2, 0) is 19.9 Å². The van der Waals surface area contributed by atoms with Gasteiger partial charge in [0.25, 0.3) is 0 Å². The van der Waals surface area contributed by atoms with Crippen LogP contribution in [0.25, 0.3) is 0 Å². The highest BCUT2D eigenvalue weighted by molar-refractivity contribution is 7.91. The van der Waals surface area contributed by atoms with Crippen molar-refractivity contribution in [3.8, 4) is 5.75 Å². The maximum atomic E-state index is 12.9. The molecule has 1 saturated heterocycles. The van der Waals surface area contributed by atoms with E-state index < -0.39 is 19.9 Å². The Kier molecular flexibility index (Phi) is 6.45. The first-order chi connectivity index (χ1) is 10.2. The van der Waals surface area contributed by atoms with Crippen LogP contribution in [0.4, 0.5) is 0 Å². The SMILES string of the molecule is COc1ccc(S(C)(=O)=O)cc1S(=O)(=O)N1CCNC[C@@H]1C.Cl. The second-order valence-electron chi connectivity index (χ2n) is 5.25. The summed E-state index contributed by atoms with van der Waals surface area (Å²) in [6.07, 6.45) is 1.04. The van der Waals surface area contributed by atoms with Crippen molar-refractivity contribution in [2.45, 2.75) is 22.8 Å². The van der Waals surface area contributed by atoms with Crippen molar-refractivity contribution in [1.82, 2.24) is 9.62 Å². The lowest BCUT2D eigenvalue weighted by Crippen LogP contribution is -2.52. The number of rotatable bonds is 4. The molecule has 2 rings (SSSR count). The van der Waals surface area contributed by atoms with Gasteiger partial charge >= 0.3 is 0 Å². The van der Waals surface area contributed by atoms with Crippen LogP contribution < -0.4 is 10.1 Å². The summed E-state index contributed by atoms with van der Waals surface area (Å²) in [5, 5.41) is 3.12. The molecule has 7 nitrogen and oxygen atoms in total. The predicted octanol–water partition coefficient (Wildman–Crippen LogP) is 0.503. The van der Waals surface area contributed by atoms with E-state index in [4.69, 9.17) is 4.74 Å². The second kappa shape index (κ2) is 7.35. The molecule has 1 aliphatic heterocycles. The Bertz CT molecular complexity index is 765. The Morgan fingerprint density at radius 1 is 1.26 bits per heavy atom. The lowest BCUT2D eigenvalue weighted by molar-refractivity contribution is 0.282. The summed E-state index contributed by atoms with van der Waals surface area (Å²) in [4.78, 5) is -0.165. The average Bonchev–Trinajstić information content (AvgIpc) is 2.45. The molecule has 0 saturated carbocycles. The first kappa shape index (κ1) is 20.2. The van der Waals surface area contributed by atoms with Crippen LogP contribution in [0.3, 0.4) is 0 Å². The highest BCUT2D eigenvalue weighted by atomic mass is 35.5. The van der Waals surface area contributed by atoms with E-state index >= 15 is 0 Å². The summed E-state index contributed by atoms with van der Waals surface area (Å²) >= 11 is 0. The predicted molar refractivity (Wildman–Crippen MR) is 89.6 cm³/mol. The third-order valence-electron chi connectivity index (χ3n) is 3.59. The maximum absolute atomic E-state index is 12.9. The van der Waals surface area contributed by atoms with Gasteiger partial charge in [-0.2, -0.15) is 4.31 Å². The quantitative estimate of drug-likeness (QED) is 0.812. The molecule has 0 aliphatic carbocycles. The van der Waals surface area contributed by atoms with Crippen molar-refractivity contribution in [1.29, 1.82) is 0 Å². The van der Waals surface area contributed by atoms with Gasteiger partial charge in [0, 0.05) is 31.9 Å². The zero-order valence-corrected chi connectivity index (χ0v) is 15.6. The number of nitrogens with zero attached hydrogens (tertiary/aromatic N) is 1. The third kappa shape index (κ3) is 4.16. The number of benzene rings is 1. The van der Waals surface area contributed by atoms with Crippen LogP contribution >= 0.6 is 12.4 Å². The summed E-state index contributed by atoms with van der Waals surface area (Å²) in [5.74, 6) is 0.137. The fourth-order valence-electron chi connectivity index (χ4n) is 2.40. The molecule has 1 aliphatic rings. The third-order valence-corrected chi connectivity index (χ3v) is 6.74. The van der Waals surface area contributed by atoms with Crippen LogP contribution in [0.2, 0.25) is 0 Å². The highest BCUT2D eigenvalue weighted by Crippen LogP contribution is 2.30. The molecule has 0 aromatic heterocycles. The molecule has 1 aromatic rings. The number of methoxy groups -OCH3 is 1.